The average Bonchev–Trinajstić information content (AvgIpc) is 2.92. The summed E-state index contributed by atoms with van der Waals surface area (Å²) < 4.78 is 28.0. The van der Waals surface area contributed by atoms with E-state index in [1.165, 1.54) is 0 Å². The second kappa shape index (κ2) is 8.28. The van der Waals surface area contributed by atoms with E-state index in [1.807, 2.05) is 30.3 Å². The first-order chi connectivity index (χ1) is 11.4. The van der Waals surface area contributed by atoms with Gasteiger partial charge >= 0.3 is 5.97 Å². The lowest BCUT2D eigenvalue weighted by Gasteiger charge is -2.17. The molecule has 0 radical (unpaired) electrons. The summed E-state index contributed by atoms with van der Waals surface area (Å²) in [5.41, 5.74) is 0.980. The topological polar surface area (TPSA) is 89.5 Å². The van der Waals surface area contributed by atoms with Gasteiger partial charge in [0.25, 0.3) is 0 Å². The second-order valence-corrected chi connectivity index (χ2v) is 8.21. The van der Waals surface area contributed by atoms with Gasteiger partial charge in [-0.1, -0.05) is 30.3 Å². The predicted molar refractivity (Wildman–Crippen MR) is 90.0 cm³/mol. The van der Waals surface area contributed by atoms with Gasteiger partial charge in [-0.2, -0.15) is 0 Å². The van der Waals surface area contributed by atoms with Crippen LogP contribution in [0.15, 0.2) is 30.3 Å². The zero-order valence-electron chi connectivity index (χ0n) is 13.7. The fraction of sp³-hybridized carbons (Fsp3) is 0.529. The minimum absolute atomic E-state index is 0.0520. The molecule has 0 saturated carbocycles. The van der Waals surface area contributed by atoms with E-state index in [4.69, 9.17) is 4.74 Å². The molecule has 1 fully saturated rings. The molecule has 1 aromatic carbocycles. The molecule has 132 valence electrons. The zero-order chi connectivity index (χ0) is 17.6. The Morgan fingerprint density at radius 1 is 1.29 bits per heavy atom. The monoisotopic (exact) mass is 353 g/mol. The molecular formula is C17H23NO5S. The number of hydrogen-bond acceptors (Lipinski definition) is 5. The van der Waals surface area contributed by atoms with Gasteiger partial charge in [0.15, 0.2) is 9.84 Å². The van der Waals surface area contributed by atoms with Crippen molar-refractivity contribution in [3.63, 3.8) is 0 Å². The molecule has 1 saturated heterocycles. The smallest absolute Gasteiger partial charge is 0.311 e. The average molecular weight is 353 g/mol. The Morgan fingerprint density at radius 3 is 2.58 bits per heavy atom. The van der Waals surface area contributed by atoms with Crippen LogP contribution in [0.4, 0.5) is 0 Å². The summed E-state index contributed by atoms with van der Waals surface area (Å²) in [6, 6.07) is 9.50. The minimum Gasteiger partial charge on any atom is -0.466 e. The standard InChI is InChI=1S/C17H23NO5S/c1-2-23-17(20)15(10-13-6-4-3-5-7-13)11-18-16(19)14-8-9-24(21,22)12-14/h3-7,14-15H,2,8-12H2,1H3,(H,18,19). The highest BCUT2D eigenvalue weighted by Crippen LogP contribution is 2.18. The molecule has 1 aliphatic heterocycles. The normalized spacial score (nSPS) is 20.3. The van der Waals surface area contributed by atoms with Crippen molar-refractivity contribution in [3.05, 3.63) is 35.9 Å². The van der Waals surface area contributed by atoms with Gasteiger partial charge in [0.05, 0.1) is 29.9 Å². The molecule has 1 N–H and O–H groups in total. The third kappa shape index (κ3) is 5.33. The number of nitrogens with one attached hydrogen (secondary N) is 1. The number of sulfone groups is 1. The molecule has 0 spiro atoms. The molecule has 24 heavy (non-hydrogen) atoms. The van der Waals surface area contributed by atoms with Crippen LogP contribution in [-0.4, -0.2) is 45.0 Å². The lowest BCUT2D eigenvalue weighted by Crippen LogP contribution is -2.38. The molecule has 7 heteroatoms. The van der Waals surface area contributed by atoms with Crippen LogP contribution in [0.1, 0.15) is 18.9 Å². The highest BCUT2D eigenvalue weighted by atomic mass is 32.2. The van der Waals surface area contributed by atoms with Crippen LogP contribution in [0.2, 0.25) is 0 Å². The summed E-state index contributed by atoms with van der Waals surface area (Å²) in [6.45, 7) is 2.15. The second-order valence-electron chi connectivity index (χ2n) is 5.98. The van der Waals surface area contributed by atoms with Crippen molar-refractivity contribution in [2.24, 2.45) is 11.8 Å². The van der Waals surface area contributed by atoms with Gasteiger partial charge in [0.2, 0.25) is 5.91 Å². The van der Waals surface area contributed by atoms with E-state index < -0.39 is 21.7 Å². The first-order valence-electron chi connectivity index (χ1n) is 8.10. The molecule has 2 unspecified atom stereocenters. The van der Waals surface area contributed by atoms with Crippen LogP contribution >= 0.6 is 0 Å². The van der Waals surface area contributed by atoms with Gasteiger partial charge in [-0.15, -0.1) is 0 Å². The van der Waals surface area contributed by atoms with Crippen LogP contribution in [0.5, 0.6) is 0 Å². The quantitative estimate of drug-likeness (QED) is 0.738. The number of esters is 1. The van der Waals surface area contributed by atoms with Gasteiger partial charge in [-0.3, -0.25) is 9.59 Å². The Kier molecular flexibility index (Phi) is 6.36. The third-order valence-electron chi connectivity index (χ3n) is 4.07. The molecule has 6 nitrogen and oxygen atoms in total. The molecule has 1 heterocycles. The van der Waals surface area contributed by atoms with E-state index in [0.29, 0.717) is 12.8 Å². The Labute approximate surface area is 142 Å². The first kappa shape index (κ1) is 18.4. The maximum atomic E-state index is 12.1. The van der Waals surface area contributed by atoms with E-state index in [9.17, 15) is 18.0 Å². The SMILES string of the molecule is CCOC(=O)C(CNC(=O)C1CCS(=O)(=O)C1)Cc1ccccc1. The fourth-order valence-electron chi connectivity index (χ4n) is 2.77. The zero-order valence-corrected chi connectivity index (χ0v) is 14.6. The largest absolute Gasteiger partial charge is 0.466 e. The van der Waals surface area contributed by atoms with Crippen molar-refractivity contribution in [3.8, 4) is 0 Å². The molecule has 2 rings (SSSR count). The number of ether oxygens (including phenoxy) is 1. The van der Waals surface area contributed by atoms with Gasteiger partial charge in [0, 0.05) is 6.54 Å². The van der Waals surface area contributed by atoms with E-state index in [1.54, 1.807) is 6.92 Å². The minimum atomic E-state index is -3.10. The molecule has 0 bridgehead atoms. The van der Waals surface area contributed by atoms with Crippen molar-refractivity contribution in [1.82, 2.24) is 5.32 Å². The molecule has 1 amide bonds. The maximum Gasteiger partial charge on any atom is 0.311 e. The van der Waals surface area contributed by atoms with Crippen molar-refractivity contribution in [1.29, 1.82) is 0 Å². The number of carbonyl (C=O) groups is 2. The van der Waals surface area contributed by atoms with E-state index in [-0.39, 0.29) is 36.5 Å². The Morgan fingerprint density at radius 2 is 2.00 bits per heavy atom. The number of benzene rings is 1. The summed E-state index contributed by atoms with van der Waals surface area (Å²) in [6.07, 6.45) is 0.805. The summed E-state index contributed by atoms with van der Waals surface area (Å²) in [5.74, 6) is -1.74. The van der Waals surface area contributed by atoms with Crippen LogP contribution in [0.25, 0.3) is 0 Å². The lowest BCUT2D eigenvalue weighted by atomic mass is 9.99. The highest BCUT2D eigenvalue weighted by Gasteiger charge is 2.33. The first-order valence-corrected chi connectivity index (χ1v) is 9.92. The van der Waals surface area contributed by atoms with Crippen molar-refractivity contribution in [2.75, 3.05) is 24.7 Å². The van der Waals surface area contributed by atoms with E-state index in [2.05, 4.69) is 5.32 Å². The molecule has 0 aromatic heterocycles. The van der Waals surface area contributed by atoms with Gasteiger partial charge < -0.3 is 10.1 Å². The number of carbonyl (C=O) groups excluding carboxylic acids is 2. The van der Waals surface area contributed by atoms with E-state index in [0.717, 1.165) is 5.56 Å². The number of amides is 1. The Hall–Kier alpha value is -1.89. The number of rotatable bonds is 7. The van der Waals surface area contributed by atoms with Gasteiger partial charge in [-0.05, 0) is 25.3 Å². The summed E-state index contributed by atoms with van der Waals surface area (Å²) >= 11 is 0. The Balaban J connectivity index is 1.95. The maximum absolute atomic E-state index is 12.1. The Bertz CT molecular complexity index is 671. The lowest BCUT2D eigenvalue weighted by molar-refractivity contribution is -0.147. The van der Waals surface area contributed by atoms with Crippen molar-refractivity contribution in [2.45, 2.75) is 19.8 Å². The summed E-state index contributed by atoms with van der Waals surface area (Å²) in [5, 5.41) is 2.72. The van der Waals surface area contributed by atoms with E-state index >= 15 is 0 Å². The van der Waals surface area contributed by atoms with Crippen LogP contribution in [0.3, 0.4) is 0 Å². The van der Waals surface area contributed by atoms with Crippen LogP contribution in [-0.2, 0) is 30.6 Å². The van der Waals surface area contributed by atoms with Crippen molar-refractivity contribution < 1.29 is 22.7 Å². The molecule has 1 aliphatic rings. The van der Waals surface area contributed by atoms with Gasteiger partial charge in [0.1, 0.15) is 0 Å². The molecule has 2 atom stereocenters. The predicted octanol–water partition coefficient (Wildman–Crippen LogP) is 0.959. The number of hydrogen-bond donors (Lipinski definition) is 1. The fourth-order valence-corrected chi connectivity index (χ4v) is 4.51. The van der Waals surface area contributed by atoms with Crippen LogP contribution in [0, 0.1) is 11.8 Å². The van der Waals surface area contributed by atoms with Crippen molar-refractivity contribution >= 4 is 21.7 Å². The molecule has 1 aromatic rings. The summed E-state index contributed by atoms with van der Waals surface area (Å²) in [7, 11) is -3.10. The van der Waals surface area contributed by atoms with Gasteiger partial charge in [-0.25, -0.2) is 8.42 Å². The summed E-state index contributed by atoms with van der Waals surface area (Å²) in [4.78, 5) is 24.3. The molecular weight excluding hydrogens is 330 g/mol. The highest BCUT2D eigenvalue weighted by molar-refractivity contribution is 7.91. The molecule has 0 aliphatic carbocycles. The third-order valence-corrected chi connectivity index (χ3v) is 5.84. The van der Waals surface area contributed by atoms with Crippen LogP contribution < -0.4 is 5.32 Å².